The Bertz CT molecular complexity index is 1580. The van der Waals surface area contributed by atoms with Crippen LogP contribution in [0.25, 0.3) is 22.0 Å². The van der Waals surface area contributed by atoms with Crippen LogP contribution in [-0.4, -0.2) is 27.9 Å². The second-order valence-corrected chi connectivity index (χ2v) is 8.67. The van der Waals surface area contributed by atoms with Gasteiger partial charge >= 0.3 is 0 Å². The van der Waals surface area contributed by atoms with E-state index >= 15 is 0 Å². The van der Waals surface area contributed by atoms with E-state index in [2.05, 4.69) is 22.2 Å². The van der Waals surface area contributed by atoms with Crippen LogP contribution in [0, 0.1) is 13.8 Å². The number of amides is 2. The molecule has 0 aliphatic rings. The molecule has 2 heterocycles. The SMILES string of the molecule is C=CC(=O)Nc1ccc(Oc2c(C)cccc2C)c(-c2cn(C)c(=O)c3cc(C(=O)NCC)cnc23)c1. The number of rotatable bonds is 7. The first-order chi connectivity index (χ1) is 17.7. The lowest BCUT2D eigenvalue weighted by molar-refractivity contribution is -0.111. The number of aromatic nitrogens is 2. The van der Waals surface area contributed by atoms with Crippen LogP contribution in [0.4, 0.5) is 5.69 Å². The van der Waals surface area contributed by atoms with Crippen LogP contribution in [0.15, 0.2) is 72.3 Å². The number of pyridine rings is 2. The van der Waals surface area contributed by atoms with Gasteiger partial charge in [0, 0.05) is 42.8 Å². The molecule has 8 nitrogen and oxygen atoms in total. The van der Waals surface area contributed by atoms with Gasteiger partial charge < -0.3 is 19.9 Å². The van der Waals surface area contributed by atoms with Crippen LogP contribution < -0.4 is 20.9 Å². The van der Waals surface area contributed by atoms with Crippen molar-refractivity contribution in [2.24, 2.45) is 7.05 Å². The number of benzene rings is 2. The molecule has 0 bridgehead atoms. The first-order valence-electron chi connectivity index (χ1n) is 11.8. The summed E-state index contributed by atoms with van der Waals surface area (Å²) in [6.45, 7) is 9.71. The molecule has 2 aromatic heterocycles. The maximum Gasteiger partial charge on any atom is 0.259 e. The molecule has 0 spiro atoms. The molecule has 0 unspecified atom stereocenters. The number of fused-ring (bicyclic) bond motifs is 1. The van der Waals surface area contributed by atoms with Gasteiger partial charge in [-0.2, -0.15) is 0 Å². The summed E-state index contributed by atoms with van der Waals surface area (Å²) in [6, 6.07) is 12.7. The molecule has 4 aromatic rings. The maximum atomic E-state index is 13.1. The second kappa shape index (κ2) is 10.5. The number of carbonyl (C=O) groups is 2. The lowest BCUT2D eigenvalue weighted by Crippen LogP contribution is -2.24. The van der Waals surface area contributed by atoms with Crippen molar-refractivity contribution in [1.29, 1.82) is 0 Å². The van der Waals surface area contributed by atoms with Gasteiger partial charge in [-0.15, -0.1) is 0 Å². The average Bonchev–Trinajstić information content (AvgIpc) is 2.89. The van der Waals surface area contributed by atoms with Crippen LogP contribution in [0.3, 0.4) is 0 Å². The number of nitrogens with zero attached hydrogens (tertiary/aromatic N) is 2. The standard InChI is InChI=1S/C29H28N4O4/c1-6-25(34)32-20-11-12-24(37-27-17(3)9-8-10-18(27)4)21(14-20)23-16-33(5)29(36)22-13-19(15-31-26(22)23)28(35)30-7-2/h6,8-16H,1,7H2,2-5H3,(H,30,35)(H,32,34). The molecule has 2 aromatic carbocycles. The summed E-state index contributed by atoms with van der Waals surface area (Å²) in [5.74, 6) is 0.567. The Kier molecular flexibility index (Phi) is 7.20. The van der Waals surface area contributed by atoms with Crippen molar-refractivity contribution < 1.29 is 14.3 Å². The van der Waals surface area contributed by atoms with E-state index in [1.54, 1.807) is 37.5 Å². The largest absolute Gasteiger partial charge is 0.456 e. The van der Waals surface area contributed by atoms with Crippen LogP contribution >= 0.6 is 0 Å². The number of para-hydroxylation sites is 1. The molecule has 37 heavy (non-hydrogen) atoms. The summed E-state index contributed by atoms with van der Waals surface area (Å²) in [4.78, 5) is 42.0. The fourth-order valence-electron chi connectivity index (χ4n) is 4.10. The maximum absolute atomic E-state index is 13.1. The van der Waals surface area contributed by atoms with E-state index in [1.807, 2.05) is 39.0 Å². The lowest BCUT2D eigenvalue weighted by atomic mass is 10.0. The highest BCUT2D eigenvalue weighted by Gasteiger charge is 2.19. The molecule has 0 fully saturated rings. The predicted octanol–water partition coefficient (Wildman–Crippen LogP) is 4.88. The molecular weight excluding hydrogens is 468 g/mol. The van der Waals surface area contributed by atoms with Gasteiger partial charge in [0.1, 0.15) is 11.5 Å². The van der Waals surface area contributed by atoms with Crippen molar-refractivity contribution in [2.75, 3.05) is 11.9 Å². The fourth-order valence-corrected chi connectivity index (χ4v) is 4.10. The Morgan fingerprint density at radius 3 is 2.51 bits per heavy atom. The summed E-state index contributed by atoms with van der Waals surface area (Å²) in [5, 5.41) is 5.80. The second-order valence-electron chi connectivity index (χ2n) is 8.67. The van der Waals surface area contributed by atoms with E-state index in [0.29, 0.717) is 51.3 Å². The molecule has 0 aliphatic heterocycles. The van der Waals surface area contributed by atoms with Crippen molar-refractivity contribution in [3.05, 3.63) is 94.6 Å². The van der Waals surface area contributed by atoms with Gasteiger partial charge in [0.25, 0.3) is 11.5 Å². The summed E-state index contributed by atoms with van der Waals surface area (Å²) in [6.07, 6.45) is 4.31. The topological polar surface area (TPSA) is 102 Å². The number of hydrogen-bond acceptors (Lipinski definition) is 5. The van der Waals surface area contributed by atoms with Crippen molar-refractivity contribution in [1.82, 2.24) is 14.9 Å². The first kappa shape index (κ1) is 25.4. The molecular formula is C29H28N4O4. The smallest absolute Gasteiger partial charge is 0.259 e. The van der Waals surface area contributed by atoms with Crippen molar-refractivity contribution in [2.45, 2.75) is 20.8 Å². The zero-order valence-corrected chi connectivity index (χ0v) is 21.2. The molecule has 188 valence electrons. The number of ether oxygens (including phenoxy) is 1. The number of carbonyl (C=O) groups excluding carboxylic acids is 2. The van der Waals surface area contributed by atoms with E-state index in [0.717, 1.165) is 11.1 Å². The van der Waals surface area contributed by atoms with Gasteiger partial charge in [-0.25, -0.2) is 0 Å². The van der Waals surface area contributed by atoms with Gasteiger partial charge in [-0.05, 0) is 62.2 Å². The summed E-state index contributed by atoms with van der Waals surface area (Å²) < 4.78 is 7.86. The molecule has 0 aliphatic carbocycles. The Labute approximate surface area is 214 Å². The molecule has 0 saturated carbocycles. The van der Waals surface area contributed by atoms with Crippen LogP contribution in [-0.2, 0) is 11.8 Å². The van der Waals surface area contributed by atoms with Crippen LogP contribution in [0.2, 0.25) is 0 Å². The summed E-state index contributed by atoms with van der Waals surface area (Å²) in [7, 11) is 1.64. The van der Waals surface area contributed by atoms with E-state index in [1.165, 1.54) is 16.8 Å². The highest BCUT2D eigenvalue weighted by molar-refractivity contribution is 6.02. The number of aryl methyl sites for hydroxylation is 3. The Morgan fingerprint density at radius 1 is 1.11 bits per heavy atom. The molecule has 0 atom stereocenters. The first-order valence-corrected chi connectivity index (χ1v) is 11.8. The Hall–Kier alpha value is -4.72. The molecule has 0 radical (unpaired) electrons. The van der Waals surface area contributed by atoms with Crippen LogP contribution in [0.5, 0.6) is 11.5 Å². The van der Waals surface area contributed by atoms with Gasteiger partial charge in [0.2, 0.25) is 5.91 Å². The quantitative estimate of drug-likeness (QED) is 0.355. The van der Waals surface area contributed by atoms with Crippen molar-refractivity contribution in [3.63, 3.8) is 0 Å². The van der Waals surface area contributed by atoms with E-state index < -0.39 is 0 Å². The minimum absolute atomic E-state index is 0.286. The minimum atomic E-state index is -0.357. The summed E-state index contributed by atoms with van der Waals surface area (Å²) >= 11 is 0. The third-order valence-corrected chi connectivity index (χ3v) is 5.96. The normalized spacial score (nSPS) is 10.7. The average molecular weight is 497 g/mol. The lowest BCUT2D eigenvalue weighted by Gasteiger charge is -2.18. The summed E-state index contributed by atoms with van der Waals surface area (Å²) in [5.41, 5.74) is 4.09. The monoisotopic (exact) mass is 496 g/mol. The molecule has 4 rings (SSSR count). The van der Waals surface area contributed by atoms with E-state index in [-0.39, 0.29) is 17.4 Å². The predicted molar refractivity (Wildman–Crippen MR) is 145 cm³/mol. The number of nitrogens with one attached hydrogen (secondary N) is 2. The van der Waals surface area contributed by atoms with Crippen molar-refractivity contribution in [3.8, 4) is 22.6 Å². The molecule has 0 saturated heterocycles. The van der Waals surface area contributed by atoms with Gasteiger partial charge in [-0.3, -0.25) is 19.4 Å². The number of hydrogen-bond donors (Lipinski definition) is 2. The van der Waals surface area contributed by atoms with Crippen molar-refractivity contribution >= 4 is 28.4 Å². The highest BCUT2D eigenvalue weighted by Crippen LogP contribution is 2.39. The minimum Gasteiger partial charge on any atom is -0.456 e. The third-order valence-electron chi connectivity index (χ3n) is 5.96. The fraction of sp³-hybridized carbons (Fsp3) is 0.172. The third kappa shape index (κ3) is 5.13. The van der Waals surface area contributed by atoms with E-state index in [4.69, 9.17) is 4.74 Å². The van der Waals surface area contributed by atoms with Gasteiger partial charge in [0.15, 0.2) is 0 Å². The Morgan fingerprint density at radius 2 is 1.84 bits per heavy atom. The number of anilines is 1. The highest BCUT2D eigenvalue weighted by atomic mass is 16.5. The van der Waals surface area contributed by atoms with E-state index in [9.17, 15) is 14.4 Å². The molecule has 2 amide bonds. The van der Waals surface area contributed by atoms with Gasteiger partial charge in [0.05, 0.1) is 16.5 Å². The van der Waals surface area contributed by atoms with Gasteiger partial charge in [-0.1, -0.05) is 24.8 Å². The molecule has 2 N–H and O–H groups in total. The zero-order valence-electron chi connectivity index (χ0n) is 21.2. The molecule has 8 heteroatoms. The zero-order chi connectivity index (χ0) is 26.7. The van der Waals surface area contributed by atoms with Crippen LogP contribution in [0.1, 0.15) is 28.4 Å². The Balaban J connectivity index is 1.96.